The lowest BCUT2D eigenvalue weighted by Crippen LogP contribution is -1.86. The summed E-state index contributed by atoms with van der Waals surface area (Å²) in [5.74, 6) is 0. The molecule has 0 bridgehead atoms. The van der Waals surface area contributed by atoms with E-state index >= 15 is 0 Å². The summed E-state index contributed by atoms with van der Waals surface area (Å²) in [7, 11) is 0. The molecule has 32 heavy (non-hydrogen) atoms. The fourth-order valence-corrected chi connectivity index (χ4v) is 7.21. The Morgan fingerprint density at radius 1 is 0.531 bits per heavy atom. The summed E-state index contributed by atoms with van der Waals surface area (Å²) in [5.41, 5.74) is 4.64. The highest BCUT2D eigenvalue weighted by molar-refractivity contribution is 7.33. The lowest BCUT2D eigenvalue weighted by Gasteiger charge is -2.09. The molecule has 150 valence electrons. The van der Waals surface area contributed by atoms with Crippen molar-refractivity contribution in [3.05, 3.63) is 103 Å². The van der Waals surface area contributed by atoms with Crippen LogP contribution in [0.1, 0.15) is 0 Å². The maximum Gasteiger partial charge on any atom is 0.0708 e. The van der Waals surface area contributed by atoms with E-state index in [2.05, 4.69) is 96.0 Å². The van der Waals surface area contributed by atoms with Crippen molar-refractivity contribution in [2.24, 2.45) is 0 Å². The molecular formula is C29H17NS2. The first-order valence-electron chi connectivity index (χ1n) is 10.6. The number of hydrogen-bond acceptors (Lipinski definition) is 3. The van der Waals surface area contributed by atoms with Crippen LogP contribution in [0.25, 0.3) is 62.7 Å². The Balaban J connectivity index is 1.62. The molecule has 4 aromatic carbocycles. The van der Waals surface area contributed by atoms with Gasteiger partial charge in [-0.25, -0.2) is 0 Å². The topological polar surface area (TPSA) is 12.9 Å². The lowest BCUT2D eigenvalue weighted by atomic mass is 9.96. The zero-order valence-corrected chi connectivity index (χ0v) is 18.7. The zero-order chi connectivity index (χ0) is 21.1. The molecule has 0 saturated heterocycles. The first kappa shape index (κ1) is 18.1. The average molecular weight is 444 g/mol. The van der Waals surface area contributed by atoms with Gasteiger partial charge in [0.15, 0.2) is 0 Å². The molecular weight excluding hydrogens is 426 g/mol. The van der Waals surface area contributed by atoms with Crippen molar-refractivity contribution in [1.82, 2.24) is 4.98 Å². The van der Waals surface area contributed by atoms with Crippen LogP contribution < -0.4 is 0 Å². The largest absolute Gasteiger partial charge is 0.256 e. The summed E-state index contributed by atoms with van der Waals surface area (Å²) >= 11 is 3.82. The quantitative estimate of drug-likeness (QED) is 0.259. The van der Waals surface area contributed by atoms with Gasteiger partial charge in [-0.05, 0) is 41.5 Å². The number of aromatic nitrogens is 1. The fraction of sp³-hybridized carbons (Fsp3) is 0. The van der Waals surface area contributed by atoms with Crippen LogP contribution in [0.5, 0.6) is 0 Å². The summed E-state index contributed by atoms with van der Waals surface area (Å²) in [4.78, 5) is 4.67. The van der Waals surface area contributed by atoms with Crippen molar-refractivity contribution in [2.45, 2.75) is 0 Å². The normalized spacial score (nSPS) is 11.8. The molecule has 0 unspecified atom stereocenters. The molecule has 0 radical (unpaired) electrons. The van der Waals surface area contributed by atoms with Crippen LogP contribution in [-0.4, -0.2) is 4.98 Å². The van der Waals surface area contributed by atoms with Crippen LogP contribution in [0.3, 0.4) is 0 Å². The van der Waals surface area contributed by atoms with Gasteiger partial charge < -0.3 is 0 Å². The lowest BCUT2D eigenvalue weighted by molar-refractivity contribution is 1.33. The smallest absolute Gasteiger partial charge is 0.0708 e. The predicted octanol–water partition coefficient (Wildman–Crippen LogP) is 9.15. The number of benzene rings is 4. The highest BCUT2D eigenvalue weighted by Gasteiger charge is 2.18. The van der Waals surface area contributed by atoms with E-state index in [1.54, 1.807) is 0 Å². The number of thiophene rings is 2. The van der Waals surface area contributed by atoms with Crippen molar-refractivity contribution in [3.63, 3.8) is 0 Å². The molecule has 0 aliphatic carbocycles. The first-order chi connectivity index (χ1) is 15.9. The summed E-state index contributed by atoms with van der Waals surface area (Å²) in [6, 6.07) is 34.8. The van der Waals surface area contributed by atoms with Crippen LogP contribution in [0.2, 0.25) is 0 Å². The average Bonchev–Trinajstić information content (AvgIpc) is 3.43. The third-order valence-corrected chi connectivity index (χ3v) is 8.66. The van der Waals surface area contributed by atoms with Crippen molar-refractivity contribution in [2.75, 3.05) is 0 Å². The van der Waals surface area contributed by atoms with E-state index in [0.717, 1.165) is 11.3 Å². The highest BCUT2D eigenvalue weighted by atomic mass is 32.1. The van der Waals surface area contributed by atoms with Gasteiger partial charge in [0.05, 0.1) is 15.1 Å². The van der Waals surface area contributed by atoms with E-state index in [1.165, 1.54) is 51.5 Å². The van der Waals surface area contributed by atoms with E-state index in [1.807, 2.05) is 34.9 Å². The van der Waals surface area contributed by atoms with E-state index in [-0.39, 0.29) is 0 Å². The Bertz CT molecular complexity index is 1770. The molecule has 0 spiro atoms. The van der Waals surface area contributed by atoms with Gasteiger partial charge in [0.25, 0.3) is 0 Å². The highest BCUT2D eigenvalue weighted by Crippen LogP contribution is 2.48. The molecule has 0 atom stereocenters. The molecule has 0 aliphatic heterocycles. The van der Waals surface area contributed by atoms with E-state index in [9.17, 15) is 0 Å². The third-order valence-electron chi connectivity index (χ3n) is 6.13. The second-order valence-corrected chi connectivity index (χ2v) is 10.1. The summed E-state index contributed by atoms with van der Waals surface area (Å²) in [5, 5.41) is 5.37. The fourth-order valence-electron chi connectivity index (χ4n) is 4.66. The van der Waals surface area contributed by atoms with E-state index < -0.39 is 0 Å². The van der Waals surface area contributed by atoms with E-state index in [4.69, 9.17) is 0 Å². The summed E-state index contributed by atoms with van der Waals surface area (Å²) < 4.78 is 5.46. The first-order valence-corrected chi connectivity index (χ1v) is 12.3. The molecule has 7 rings (SSSR count). The molecule has 1 nitrogen and oxygen atoms in total. The Hall–Kier alpha value is -3.53. The molecule has 0 amide bonds. The summed E-state index contributed by atoms with van der Waals surface area (Å²) in [6.45, 7) is 0. The number of pyridine rings is 1. The molecule has 3 heteroatoms. The maximum atomic E-state index is 4.67. The van der Waals surface area contributed by atoms with E-state index in [0.29, 0.717) is 0 Å². The van der Waals surface area contributed by atoms with Crippen molar-refractivity contribution in [1.29, 1.82) is 0 Å². The molecule has 0 saturated carbocycles. The van der Waals surface area contributed by atoms with Gasteiger partial charge in [-0.2, -0.15) is 0 Å². The van der Waals surface area contributed by atoms with Crippen LogP contribution in [-0.2, 0) is 0 Å². The standard InChI is InChI=1S/C29H17NS2/c1-2-8-18(9-3-1)24-16-19(14-15-30-24)22-17-23-20-10-4-6-12-25(20)31-28(23)29-27(22)21-11-5-7-13-26(21)32-29/h1-17H. The van der Waals surface area contributed by atoms with Gasteiger partial charge in [-0.1, -0.05) is 66.7 Å². The van der Waals surface area contributed by atoms with Crippen molar-refractivity contribution in [3.8, 4) is 22.4 Å². The molecule has 0 N–H and O–H groups in total. The monoisotopic (exact) mass is 443 g/mol. The molecule has 3 heterocycles. The van der Waals surface area contributed by atoms with Gasteiger partial charge in [-0.3, -0.25) is 4.98 Å². The third kappa shape index (κ3) is 2.65. The Labute approximate surface area is 193 Å². The number of nitrogens with zero attached hydrogens (tertiary/aromatic N) is 1. The van der Waals surface area contributed by atoms with Crippen LogP contribution in [0.4, 0.5) is 0 Å². The van der Waals surface area contributed by atoms with Crippen LogP contribution in [0, 0.1) is 0 Å². The molecule has 0 aliphatic rings. The van der Waals surface area contributed by atoms with Gasteiger partial charge in [-0.15, -0.1) is 22.7 Å². The van der Waals surface area contributed by atoms with Gasteiger partial charge >= 0.3 is 0 Å². The Morgan fingerprint density at radius 2 is 1.22 bits per heavy atom. The van der Waals surface area contributed by atoms with Crippen LogP contribution in [0.15, 0.2) is 103 Å². The van der Waals surface area contributed by atoms with Crippen LogP contribution >= 0.6 is 22.7 Å². The maximum absolute atomic E-state index is 4.67. The number of hydrogen-bond donors (Lipinski definition) is 0. The van der Waals surface area contributed by atoms with Gasteiger partial charge in [0, 0.05) is 42.7 Å². The SMILES string of the molecule is c1ccc(-c2cc(-c3cc4c5ccccc5sc4c4sc5ccccc5c34)ccn2)cc1. The van der Waals surface area contributed by atoms with Gasteiger partial charge in [0.2, 0.25) is 0 Å². The Kier molecular flexibility index (Phi) is 3.95. The molecule has 0 fully saturated rings. The second kappa shape index (κ2) is 6.99. The minimum atomic E-state index is 1.01. The second-order valence-electron chi connectivity index (χ2n) is 8.00. The number of rotatable bonds is 2. The van der Waals surface area contributed by atoms with Gasteiger partial charge in [0.1, 0.15) is 0 Å². The molecule has 7 aromatic rings. The zero-order valence-electron chi connectivity index (χ0n) is 17.1. The minimum Gasteiger partial charge on any atom is -0.256 e. The van der Waals surface area contributed by atoms with Crippen molar-refractivity contribution >= 4 is 63.0 Å². The predicted molar refractivity (Wildman–Crippen MR) is 141 cm³/mol. The van der Waals surface area contributed by atoms with Crippen molar-refractivity contribution < 1.29 is 0 Å². The number of fused-ring (bicyclic) bond motifs is 7. The Morgan fingerprint density at radius 3 is 2.06 bits per heavy atom. The minimum absolute atomic E-state index is 1.01. The summed E-state index contributed by atoms with van der Waals surface area (Å²) in [6.07, 6.45) is 1.94. The molecule has 3 aromatic heterocycles.